The maximum atomic E-state index is 12.0. The van der Waals surface area contributed by atoms with Gasteiger partial charge in [0.25, 0.3) is 5.91 Å². The molecule has 0 unspecified atom stereocenters. The Morgan fingerprint density at radius 1 is 1.10 bits per heavy atom. The van der Waals surface area contributed by atoms with Gasteiger partial charge in [-0.05, 0) is 28.8 Å². The number of carbonyl (C=O) groups is 1. The molecule has 2 aromatic rings. The lowest BCUT2D eigenvalue weighted by atomic mass is 10.1. The van der Waals surface area contributed by atoms with E-state index >= 15 is 0 Å². The number of hydrogen-bond donors (Lipinski definition) is 2. The average molecular weight is 285 g/mol. The van der Waals surface area contributed by atoms with Crippen molar-refractivity contribution in [2.45, 2.75) is 19.8 Å². The Morgan fingerprint density at radius 3 is 2.48 bits per heavy atom. The smallest absolute Gasteiger partial charge is 0.251 e. The Balaban J connectivity index is 1.94. The van der Waals surface area contributed by atoms with Gasteiger partial charge in [0.15, 0.2) is 0 Å². The third-order valence-corrected chi connectivity index (χ3v) is 3.15. The monoisotopic (exact) mass is 285 g/mol. The van der Waals surface area contributed by atoms with Crippen molar-refractivity contribution in [3.05, 3.63) is 70.8 Å². The van der Waals surface area contributed by atoms with Crippen LogP contribution in [0.15, 0.2) is 48.5 Å². The Bertz CT molecular complexity index is 593. The van der Waals surface area contributed by atoms with E-state index in [1.807, 2.05) is 36.4 Å². The zero-order valence-corrected chi connectivity index (χ0v) is 12.0. The van der Waals surface area contributed by atoms with Gasteiger partial charge in [0.2, 0.25) is 0 Å². The second kappa shape index (κ2) is 7.57. The van der Waals surface area contributed by atoms with E-state index in [4.69, 9.17) is 9.84 Å². The Labute approximate surface area is 124 Å². The minimum absolute atomic E-state index is 0.00273. The van der Waals surface area contributed by atoms with Crippen LogP contribution in [-0.4, -0.2) is 18.1 Å². The number of methoxy groups -OCH3 is 1. The summed E-state index contributed by atoms with van der Waals surface area (Å²) in [5.74, 6) is -0.117. The van der Waals surface area contributed by atoms with Crippen molar-refractivity contribution in [3.63, 3.8) is 0 Å². The third-order valence-electron chi connectivity index (χ3n) is 3.15. The van der Waals surface area contributed by atoms with Crippen LogP contribution < -0.4 is 5.32 Å². The van der Waals surface area contributed by atoms with Crippen LogP contribution >= 0.6 is 0 Å². The van der Waals surface area contributed by atoms with Crippen LogP contribution in [-0.2, 0) is 24.5 Å². The molecule has 2 rings (SSSR count). The highest BCUT2D eigenvalue weighted by Crippen LogP contribution is 2.07. The highest BCUT2D eigenvalue weighted by molar-refractivity contribution is 5.94. The lowest BCUT2D eigenvalue weighted by Gasteiger charge is -2.07. The number of hydrogen-bond acceptors (Lipinski definition) is 3. The van der Waals surface area contributed by atoms with Crippen molar-refractivity contribution < 1.29 is 14.6 Å². The number of aliphatic hydroxyl groups is 1. The van der Waals surface area contributed by atoms with Crippen LogP contribution in [0.1, 0.15) is 27.0 Å². The van der Waals surface area contributed by atoms with Crippen molar-refractivity contribution >= 4 is 5.91 Å². The Morgan fingerprint density at radius 2 is 1.81 bits per heavy atom. The predicted molar refractivity (Wildman–Crippen MR) is 80.7 cm³/mol. The molecule has 0 aliphatic heterocycles. The van der Waals surface area contributed by atoms with E-state index in [-0.39, 0.29) is 12.5 Å². The molecule has 0 spiro atoms. The molecule has 0 saturated carbocycles. The van der Waals surface area contributed by atoms with Gasteiger partial charge in [0, 0.05) is 19.2 Å². The fourth-order valence-electron chi connectivity index (χ4n) is 2.04. The molecule has 110 valence electrons. The minimum atomic E-state index is -0.117. The van der Waals surface area contributed by atoms with Crippen LogP contribution in [0.2, 0.25) is 0 Å². The standard InChI is InChI=1S/C17H19NO3/c1-21-12-13-5-7-16(8-6-13)17(20)18-10-14-3-2-4-15(9-14)11-19/h2-9,19H,10-12H2,1H3,(H,18,20). The maximum absolute atomic E-state index is 12.0. The van der Waals surface area contributed by atoms with Gasteiger partial charge >= 0.3 is 0 Å². The highest BCUT2D eigenvalue weighted by Gasteiger charge is 2.05. The van der Waals surface area contributed by atoms with Crippen molar-refractivity contribution in [1.82, 2.24) is 5.32 Å². The van der Waals surface area contributed by atoms with Crippen molar-refractivity contribution in [2.24, 2.45) is 0 Å². The molecule has 0 aliphatic rings. The van der Waals surface area contributed by atoms with Gasteiger partial charge in [-0.1, -0.05) is 36.4 Å². The van der Waals surface area contributed by atoms with Crippen LogP contribution in [0.25, 0.3) is 0 Å². The molecule has 2 N–H and O–H groups in total. The van der Waals surface area contributed by atoms with Gasteiger partial charge in [0.05, 0.1) is 13.2 Å². The average Bonchev–Trinajstić information content (AvgIpc) is 2.54. The zero-order chi connectivity index (χ0) is 15.1. The topological polar surface area (TPSA) is 58.6 Å². The first-order valence-corrected chi connectivity index (χ1v) is 6.77. The highest BCUT2D eigenvalue weighted by atomic mass is 16.5. The molecule has 0 aromatic heterocycles. The molecule has 0 saturated heterocycles. The van der Waals surface area contributed by atoms with Crippen LogP contribution in [0.5, 0.6) is 0 Å². The van der Waals surface area contributed by atoms with E-state index < -0.39 is 0 Å². The van der Waals surface area contributed by atoms with E-state index in [0.29, 0.717) is 18.7 Å². The molecule has 1 amide bonds. The van der Waals surface area contributed by atoms with Crippen LogP contribution in [0.4, 0.5) is 0 Å². The summed E-state index contributed by atoms with van der Waals surface area (Å²) >= 11 is 0. The van der Waals surface area contributed by atoms with E-state index in [9.17, 15) is 4.79 Å². The lowest BCUT2D eigenvalue weighted by Crippen LogP contribution is -2.22. The van der Waals surface area contributed by atoms with E-state index in [1.165, 1.54) is 0 Å². The van der Waals surface area contributed by atoms with E-state index in [2.05, 4.69) is 5.32 Å². The molecule has 0 heterocycles. The Kier molecular flexibility index (Phi) is 5.49. The first-order chi connectivity index (χ1) is 10.2. The largest absolute Gasteiger partial charge is 0.392 e. The summed E-state index contributed by atoms with van der Waals surface area (Å²) in [5, 5.41) is 12.0. The number of benzene rings is 2. The minimum Gasteiger partial charge on any atom is -0.392 e. The SMILES string of the molecule is COCc1ccc(C(=O)NCc2cccc(CO)c2)cc1. The summed E-state index contributed by atoms with van der Waals surface area (Å²) in [5.41, 5.74) is 3.45. The number of nitrogens with one attached hydrogen (secondary N) is 1. The van der Waals surface area contributed by atoms with Gasteiger partial charge in [-0.15, -0.1) is 0 Å². The quantitative estimate of drug-likeness (QED) is 0.856. The fraction of sp³-hybridized carbons (Fsp3) is 0.235. The first-order valence-electron chi connectivity index (χ1n) is 6.77. The van der Waals surface area contributed by atoms with E-state index in [1.54, 1.807) is 19.2 Å². The van der Waals surface area contributed by atoms with Crippen molar-refractivity contribution in [1.29, 1.82) is 0 Å². The lowest BCUT2D eigenvalue weighted by molar-refractivity contribution is 0.0951. The Hall–Kier alpha value is -2.17. The number of amides is 1. The number of aliphatic hydroxyl groups excluding tert-OH is 1. The zero-order valence-electron chi connectivity index (χ0n) is 12.0. The molecule has 0 fully saturated rings. The van der Waals surface area contributed by atoms with Crippen molar-refractivity contribution in [3.8, 4) is 0 Å². The summed E-state index contributed by atoms with van der Waals surface area (Å²) in [6.45, 7) is 0.977. The fourth-order valence-corrected chi connectivity index (χ4v) is 2.04. The molecule has 4 nitrogen and oxygen atoms in total. The molecular formula is C17H19NO3. The molecule has 2 aromatic carbocycles. The normalized spacial score (nSPS) is 10.4. The summed E-state index contributed by atoms with van der Waals surface area (Å²) in [4.78, 5) is 12.0. The molecule has 0 aliphatic carbocycles. The molecule has 0 radical (unpaired) electrons. The van der Waals surface area contributed by atoms with Gasteiger partial charge in [0.1, 0.15) is 0 Å². The summed E-state index contributed by atoms with van der Waals surface area (Å²) in [7, 11) is 1.64. The van der Waals surface area contributed by atoms with Gasteiger partial charge in [-0.3, -0.25) is 4.79 Å². The van der Waals surface area contributed by atoms with Crippen LogP contribution in [0.3, 0.4) is 0 Å². The van der Waals surface area contributed by atoms with Gasteiger partial charge in [-0.25, -0.2) is 0 Å². The van der Waals surface area contributed by atoms with Crippen molar-refractivity contribution in [2.75, 3.05) is 7.11 Å². The molecule has 4 heteroatoms. The second-order valence-electron chi connectivity index (χ2n) is 4.79. The number of ether oxygens (including phenoxy) is 1. The second-order valence-corrected chi connectivity index (χ2v) is 4.79. The summed E-state index contributed by atoms with van der Waals surface area (Å²) < 4.78 is 5.03. The maximum Gasteiger partial charge on any atom is 0.251 e. The third kappa shape index (κ3) is 4.41. The molecular weight excluding hydrogens is 266 g/mol. The first kappa shape index (κ1) is 15.2. The van der Waals surface area contributed by atoms with Gasteiger partial charge < -0.3 is 15.2 Å². The number of carbonyl (C=O) groups excluding carboxylic acids is 1. The molecule has 21 heavy (non-hydrogen) atoms. The number of rotatable bonds is 6. The predicted octanol–water partition coefficient (Wildman–Crippen LogP) is 2.26. The van der Waals surface area contributed by atoms with Crippen LogP contribution in [0, 0.1) is 0 Å². The van der Waals surface area contributed by atoms with E-state index in [0.717, 1.165) is 16.7 Å². The summed E-state index contributed by atoms with van der Waals surface area (Å²) in [6, 6.07) is 14.8. The molecule has 0 atom stereocenters. The van der Waals surface area contributed by atoms with Gasteiger partial charge in [-0.2, -0.15) is 0 Å². The molecule has 0 bridgehead atoms. The summed E-state index contributed by atoms with van der Waals surface area (Å²) in [6.07, 6.45) is 0.